The first-order valence-corrected chi connectivity index (χ1v) is 9.96. The van der Waals surface area contributed by atoms with Gasteiger partial charge in [0.2, 0.25) is 0 Å². The second kappa shape index (κ2) is 6.33. The number of fused-ring (bicyclic) bond motifs is 2. The lowest BCUT2D eigenvalue weighted by Gasteiger charge is -2.46. The Labute approximate surface area is 169 Å². The number of rotatable bonds is 1. The Kier molecular flexibility index (Phi) is 4.00. The minimum atomic E-state index is -0.753. The van der Waals surface area contributed by atoms with E-state index in [1.165, 1.54) is 0 Å². The number of aliphatic imine (C=N–C) groups is 2. The second-order valence-corrected chi connectivity index (χ2v) is 8.29. The third-order valence-electron chi connectivity index (χ3n) is 5.78. The predicted molar refractivity (Wildman–Crippen MR) is 111 cm³/mol. The van der Waals surface area contributed by atoms with Crippen LogP contribution in [0.5, 0.6) is 5.75 Å². The number of ether oxygens (including phenoxy) is 2. The van der Waals surface area contributed by atoms with Crippen molar-refractivity contribution in [2.75, 3.05) is 13.2 Å². The average molecular weight is 396 g/mol. The molecule has 1 fully saturated rings. The van der Waals surface area contributed by atoms with E-state index in [0.29, 0.717) is 23.9 Å². The van der Waals surface area contributed by atoms with Gasteiger partial charge in [-0.2, -0.15) is 0 Å². The van der Waals surface area contributed by atoms with Crippen molar-refractivity contribution in [3.8, 4) is 16.9 Å². The van der Waals surface area contributed by atoms with Gasteiger partial charge >= 0.3 is 0 Å². The molecule has 3 aliphatic heterocycles. The zero-order valence-corrected chi connectivity index (χ0v) is 16.5. The van der Waals surface area contributed by atoms with Crippen molar-refractivity contribution in [3.05, 3.63) is 53.1 Å². The number of nitrogens with zero attached hydrogens (tertiary/aromatic N) is 2. The van der Waals surface area contributed by atoms with Crippen LogP contribution in [0.15, 0.2) is 52.4 Å². The van der Waals surface area contributed by atoms with Crippen molar-refractivity contribution in [3.63, 3.8) is 0 Å². The minimum Gasteiger partial charge on any atom is -0.484 e. The highest BCUT2D eigenvalue weighted by Crippen LogP contribution is 2.51. The Morgan fingerprint density at radius 2 is 1.96 bits per heavy atom. The minimum absolute atomic E-state index is 0.416. The number of amidine groups is 1. The van der Waals surface area contributed by atoms with E-state index >= 15 is 0 Å². The molecule has 3 heterocycles. The van der Waals surface area contributed by atoms with Gasteiger partial charge in [0.15, 0.2) is 5.66 Å². The lowest BCUT2D eigenvalue weighted by Crippen LogP contribution is -2.51. The summed E-state index contributed by atoms with van der Waals surface area (Å²) in [6.07, 6.45) is 2.52. The molecule has 0 aromatic heterocycles. The van der Waals surface area contributed by atoms with Crippen molar-refractivity contribution in [1.82, 2.24) is 0 Å². The topological polar surface area (TPSA) is 69.2 Å². The van der Waals surface area contributed by atoms with E-state index in [9.17, 15) is 0 Å². The molecule has 1 saturated heterocycles. The van der Waals surface area contributed by atoms with Crippen LogP contribution in [0.25, 0.3) is 11.1 Å². The van der Waals surface area contributed by atoms with Crippen molar-refractivity contribution < 1.29 is 9.47 Å². The third-order valence-corrected chi connectivity index (χ3v) is 6.01. The molecule has 0 radical (unpaired) electrons. The number of nitrogens with two attached hydrogens (primary N) is 1. The van der Waals surface area contributed by atoms with E-state index < -0.39 is 11.3 Å². The number of halogens is 1. The van der Waals surface area contributed by atoms with Crippen LogP contribution in [0, 0.1) is 0 Å². The number of hydrogen-bond acceptors (Lipinski definition) is 5. The average Bonchev–Trinajstić information content (AvgIpc) is 2.96. The first kappa shape index (κ1) is 17.7. The molecule has 3 aliphatic rings. The smallest absolute Gasteiger partial charge is 0.185 e. The van der Waals surface area contributed by atoms with Gasteiger partial charge in [-0.25, -0.2) is 4.99 Å². The summed E-state index contributed by atoms with van der Waals surface area (Å²) >= 11 is 6.20. The quantitative estimate of drug-likeness (QED) is 0.781. The standard InChI is InChI=1S/C22H22ClN3O2/c1-14-20(24)26-22(25-14)12-21(8-3-9-27-13-21)28-19-7-6-16(11-18(19)22)15-4-2-5-17(23)10-15/h2,4-7,10-11H,3,8-9,12-13H2,1H3,(H2,24,26)/t21-,22-/m1/s1. The Morgan fingerprint density at radius 3 is 2.68 bits per heavy atom. The summed E-state index contributed by atoms with van der Waals surface area (Å²) in [7, 11) is 0. The van der Waals surface area contributed by atoms with Crippen LogP contribution in [0.3, 0.4) is 0 Å². The molecule has 2 N–H and O–H groups in total. The molecule has 5 rings (SSSR count). The molecule has 2 aromatic rings. The van der Waals surface area contributed by atoms with Crippen LogP contribution in [-0.4, -0.2) is 30.4 Å². The maximum Gasteiger partial charge on any atom is 0.185 e. The number of benzene rings is 2. The number of hydrogen-bond donors (Lipinski definition) is 1. The van der Waals surface area contributed by atoms with Gasteiger partial charge in [-0.3, -0.25) is 4.99 Å². The fourth-order valence-corrected chi connectivity index (χ4v) is 4.67. The van der Waals surface area contributed by atoms with E-state index in [-0.39, 0.29) is 0 Å². The van der Waals surface area contributed by atoms with Crippen molar-refractivity contribution >= 4 is 23.1 Å². The summed E-state index contributed by atoms with van der Waals surface area (Å²) in [5.74, 6) is 1.30. The molecule has 28 heavy (non-hydrogen) atoms. The monoisotopic (exact) mass is 395 g/mol. The molecule has 0 amide bonds. The summed E-state index contributed by atoms with van der Waals surface area (Å²) in [4.78, 5) is 9.76. The van der Waals surface area contributed by atoms with Crippen molar-refractivity contribution in [2.45, 2.75) is 37.5 Å². The highest BCUT2D eigenvalue weighted by Gasteiger charge is 2.52. The summed E-state index contributed by atoms with van der Waals surface area (Å²) in [5.41, 5.74) is 8.80. The van der Waals surface area contributed by atoms with E-state index in [1.807, 2.05) is 37.3 Å². The zero-order valence-electron chi connectivity index (χ0n) is 15.7. The van der Waals surface area contributed by atoms with Crippen molar-refractivity contribution in [1.29, 1.82) is 0 Å². The maximum absolute atomic E-state index is 6.50. The molecule has 6 heteroatoms. The van der Waals surface area contributed by atoms with Gasteiger partial charge in [-0.1, -0.05) is 29.8 Å². The second-order valence-electron chi connectivity index (χ2n) is 7.85. The van der Waals surface area contributed by atoms with Gasteiger partial charge in [0.05, 0.1) is 12.3 Å². The fraction of sp³-hybridized carbons (Fsp3) is 0.364. The van der Waals surface area contributed by atoms with Gasteiger partial charge in [0.1, 0.15) is 17.2 Å². The highest BCUT2D eigenvalue weighted by molar-refractivity contribution is 6.41. The molecular formula is C22H22ClN3O2. The lowest BCUT2D eigenvalue weighted by atomic mass is 9.79. The molecule has 5 nitrogen and oxygen atoms in total. The van der Waals surface area contributed by atoms with Gasteiger partial charge in [-0.05, 0) is 55.2 Å². The first-order chi connectivity index (χ1) is 13.5. The molecule has 0 unspecified atom stereocenters. The van der Waals surface area contributed by atoms with Crippen LogP contribution in [0.1, 0.15) is 31.7 Å². The van der Waals surface area contributed by atoms with E-state index in [2.05, 4.69) is 12.1 Å². The summed E-state index contributed by atoms with van der Waals surface area (Å²) < 4.78 is 12.3. The first-order valence-electron chi connectivity index (χ1n) is 9.58. The van der Waals surface area contributed by atoms with Gasteiger partial charge < -0.3 is 15.2 Å². The molecule has 2 atom stereocenters. The predicted octanol–water partition coefficient (Wildman–Crippen LogP) is 4.32. The Bertz CT molecular complexity index is 991. The maximum atomic E-state index is 6.50. The fourth-order valence-electron chi connectivity index (χ4n) is 4.48. The van der Waals surface area contributed by atoms with Gasteiger partial charge in [-0.15, -0.1) is 0 Å². The summed E-state index contributed by atoms with van der Waals surface area (Å²) in [6.45, 7) is 3.23. The van der Waals surface area contributed by atoms with Crippen LogP contribution in [0.2, 0.25) is 5.02 Å². The van der Waals surface area contributed by atoms with Crippen LogP contribution < -0.4 is 10.5 Å². The normalized spacial score (nSPS) is 28.6. The van der Waals surface area contributed by atoms with E-state index in [0.717, 1.165) is 47.6 Å². The molecule has 144 valence electrons. The highest BCUT2D eigenvalue weighted by atomic mass is 35.5. The molecular weight excluding hydrogens is 374 g/mol. The Balaban J connectivity index is 1.67. The van der Waals surface area contributed by atoms with Crippen LogP contribution >= 0.6 is 11.6 Å². The van der Waals surface area contributed by atoms with E-state index in [1.54, 1.807) is 0 Å². The van der Waals surface area contributed by atoms with Crippen molar-refractivity contribution in [2.24, 2.45) is 15.7 Å². The Hall–Kier alpha value is -2.37. The molecule has 0 bridgehead atoms. The molecule has 0 saturated carbocycles. The largest absolute Gasteiger partial charge is 0.484 e. The van der Waals surface area contributed by atoms with Crippen LogP contribution in [-0.2, 0) is 10.4 Å². The van der Waals surface area contributed by atoms with E-state index in [4.69, 9.17) is 36.8 Å². The van der Waals surface area contributed by atoms with Crippen LogP contribution in [0.4, 0.5) is 0 Å². The third kappa shape index (κ3) is 2.81. The SMILES string of the molecule is CC1=N[C@]2(C[C@@]3(CCCOC3)Oc3ccc(-c4cccc(Cl)c4)cc32)N=C1N. The lowest BCUT2D eigenvalue weighted by molar-refractivity contribution is -0.0927. The molecule has 2 aromatic carbocycles. The zero-order chi connectivity index (χ0) is 19.4. The van der Waals surface area contributed by atoms with Gasteiger partial charge in [0.25, 0.3) is 0 Å². The summed E-state index contributed by atoms with van der Waals surface area (Å²) in [6, 6.07) is 14.0. The summed E-state index contributed by atoms with van der Waals surface area (Å²) in [5, 5.41) is 0.705. The molecule has 0 aliphatic carbocycles. The van der Waals surface area contributed by atoms with Gasteiger partial charge in [0, 0.05) is 23.6 Å². The Morgan fingerprint density at radius 1 is 1.11 bits per heavy atom. The molecule has 2 spiro atoms.